The summed E-state index contributed by atoms with van der Waals surface area (Å²) in [5.41, 5.74) is 1.12. The van der Waals surface area contributed by atoms with Gasteiger partial charge in [-0.2, -0.15) is 0 Å². The fourth-order valence-corrected chi connectivity index (χ4v) is 3.24. The summed E-state index contributed by atoms with van der Waals surface area (Å²) in [5.74, 6) is 1.80. The summed E-state index contributed by atoms with van der Waals surface area (Å²) < 4.78 is 5.74. The van der Waals surface area contributed by atoms with Crippen LogP contribution in [0.3, 0.4) is 0 Å². The van der Waals surface area contributed by atoms with Crippen molar-refractivity contribution in [1.29, 1.82) is 0 Å². The maximum Gasteiger partial charge on any atom is 0.193 e. The second-order valence-electron chi connectivity index (χ2n) is 5.90. The quantitative estimate of drug-likeness (QED) is 0.423. The van der Waals surface area contributed by atoms with Gasteiger partial charge in [0, 0.05) is 31.7 Å². The van der Waals surface area contributed by atoms with Crippen LogP contribution in [0.4, 0.5) is 0 Å². The van der Waals surface area contributed by atoms with Crippen LogP contribution in [0.2, 0.25) is 0 Å². The molecule has 2 aromatic rings. The lowest BCUT2D eigenvalue weighted by Gasteiger charge is -2.22. The van der Waals surface area contributed by atoms with E-state index in [0.29, 0.717) is 6.61 Å². The van der Waals surface area contributed by atoms with Crippen molar-refractivity contribution in [2.24, 2.45) is 4.99 Å². The van der Waals surface area contributed by atoms with Gasteiger partial charge in [0.1, 0.15) is 12.4 Å². The lowest BCUT2D eigenvalue weighted by atomic mass is 10.2. The first kappa shape index (κ1) is 19.2. The van der Waals surface area contributed by atoms with Gasteiger partial charge in [-0.3, -0.25) is 4.99 Å². The highest BCUT2D eigenvalue weighted by atomic mass is 32.1. The summed E-state index contributed by atoms with van der Waals surface area (Å²) in [7, 11) is 3.84. The molecule has 1 aromatic carbocycles. The largest absolute Gasteiger partial charge is 0.492 e. The first-order valence-electron chi connectivity index (χ1n) is 8.69. The number of thiazole rings is 1. The Morgan fingerprint density at radius 2 is 2.08 bits per heavy atom. The number of aromatic nitrogens is 1. The molecule has 0 aliphatic heterocycles. The minimum absolute atomic E-state index is 0.630. The predicted molar refractivity (Wildman–Crippen MR) is 106 cm³/mol. The van der Waals surface area contributed by atoms with Crippen molar-refractivity contribution in [3.63, 3.8) is 0 Å². The molecule has 5 nitrogen and oxygen atoms in total. The smallest absolute Gasteiger partial charge is 0.193 e. The molecule has 0 amide bonds. The molecule has 0 aliphatic rings. The van der Waals surface area contributed by atoms with Crippen molar-refractivity contribution in [3.05, 3.63) is 46.4 Å². The summed E-state index contributed by atoms with van der Waals surface area (Å²) in [5, 5.41) is 6.76. The first-order valence-corrected chi connectivity index (χ1v) is 9.57. The van der Waals surface area contributed by atoms with E-state index in [1.54, 1.807) is 11.3 Å². The summed E-state index contributed by atoms with van der Waals surface area (Å²) >= 11 is 1.75. The number of aryl methyl sites for hydroxylation is 2. The highest BCUT2D eigenvalue weighted by Gasteiger charge is 2.05. The topological polar surface area (TPSA) is 49.8 Å². The number of guanidine groups is 1. The number of nitrogens with zero attached hydrogens (tertiary/aromatic N) is 3. The Hall–Kier alpha value is -2.08. The molecular weight excluding hydrogens is 332 g/mol. The third-order valence-electron chi connectivity index (χ3n) is 3.78. The third-order valence-corrected chi connectivity index (χ3v) is 4.81. The molecule has 0 saturated carbocycles. The second kappa shape index (κ2) is 10.7. The fraction of sp³-hybridized carbons (Fsp3) is 0.474. The van der Waals surface area contributed by atoms with Gasteiger partial charge in [0.25, 0.3) is 0 Å². The highest BCUT2D eigenvalue weighted by Crippen LogP contribution is 2.11. The molecule has 0 spiro atoms. The summed E-state index contributed by atoms with van der Waals surface area (Å²) in [6.45, 7) is 4.38. The molecule has 0 saturated heterocycles. The number of aliphatic imine (C=N–C) groups is 1. The Morgan fingerprint density at radius 3 is 2.76 bits per heavy atom. The van der Waals surface area contributed by atoms with Gasteiger partial charge in [-0.15, -0.1) is 11.3 Å². The molecule has 2 rings (SSSR count). The van der Waals surface area contributed by atoms with Crippen molar-refractivity contribution in [3.8, 4) is 5.75 Å². The van der Waals surface area contributed by atoms with Crippen LogP contribution in [-0.4, -0.2) is 49.6 Å². The van der Waals surface area contributed by atoms with E-state index in [9.17, 15) is 0 Å². The second-order valence-corrected chi connectivity index (χ2v) is 6.84. The van der Waals surface area contributed by atoms with Crippen LogP contribution >= 0.6 is 11.3 Å². The summed E-state index contributed by atoms with van der Waals surface area (Å²) in [4.78, 5) is 10.9. The van der Waals surface area contributed by atoms with E-state index >= 15 is 0 Å². The van der Waals surface area contributed by atoms with Gasteiger partial charge in [-0.1, -0.05) is 18.2 Å². The van der Waals surface area contributed by atoms with E-state index in [4.69, 9.17) is 4.74 Å². The average molecular weight is 361 g/mol. The van der Waals surface area contributed by atoms with Crippen molar-refractivity contribution in [2.75, 3.05) is 33.8 Å². The zero-order valence-electron chi connectivity index (χ0n) is 15.4. The number of unbranched alkanes of at least 4 members (excludes halogenated alkanes) is 1. The molecule has 0 fully saturated rings. The van der Waals surface area contributed by atoms with E-state index in [1.165, 1.54) is 5.01 Å². The number of nitrogens with one attached hydrogen (secondary N) is 1. The average Bonchev–Trinajstić information content (AvgIpc) is 3.04. The maximum absolute atomic E-state index is 5.74. The molecule has 136 valence electrons. The van der Waals surface area contributed by atoms with Crippen molar-refractivity contribution >= 4 is 17.3 Å². The fourth-order valence-electron chi connectivity index (χ4n) is 2.43. The number of hydrogen-bond acceptors (Lipinski definition) is 4. The van der Waals surface area contributed by atoms with Crippen LogP contribution in [0.5, 0.6) is 5.75 Å². The lowest BCUT2D eigenvalue weighted by molar-refractivity contribution is 0.281. The molecular formula is C19H28N4OS. The van der Waals surface area contributed by atoms with Crippen LogP contribution in [0, 0.1) is 6.92 Å². The van der Waals surface area contributed by atoms with E-state index < -0.39 is 0 Å². The van der Waals surface area contributed by atoms with Gasteiger partial charge in [0.2, 0.25) is 0 Å². The standard InChI is InChI=1S/C19H28N4OS/c1-16-15-25-18(22-16)11-7-8-12-21-19(20-2)23(3)13-14-24-17-9-5-4-6-10-17/h4-6,9-10,15H,7-8,11-14H2,1-3H3,(H,20,21). The van der Waals surface area contributed by atoms with Crippen LogP contribution in [0.15, 0.2) is 40.7 Å². The summed E-state index contributed by atoms with van der Waals surface area (Å²) in [6.07, 6.45) is 3.29. The SMILES string of the molecule is CN=C(NCCCCc1nc(C)cs1)N(C)CCOc1ccccc1. The van der Waals surface area contributed by atoms with Gasteiger partial charge < -0.3 is 15.0 Å². The molecule has 1 aromatic heterocycles. The highest BCUT2D eigenvalue weighted by molar-refractivity contribution is 7.09. The van der Waals surface area contributed by atoms with E-state index in [2.05, 4.69) is 25.6 Å². The van der Waals surface area contributed by atoms with Crippen molar-refractivity contribution < 1.29 is 4.74 Å². The van der Waals surface area contributed by atoms with E-state index in [-0.39, 0.29) is 0 Å². The van der Waals surface area contributed by atoms with Crippen LogP contribution in [0.1, 0.15) is 23.5 Å². The monoisotopic (exact) mass is 360 g/mol. The Labute approximate surface area is 154 Å². The van der Waals surface area contributed by atoms with Crippen LogP contribution < -0.4 is 10.1 Å². The van der Waals surface area contributed by atoms with Crippen molar-refractivity contribution in [2.45, 2.75) is 26.2 Å². The summed E-state index contributed by atoms with van der Waals surface area (Å²) in [6, 6.07) is 9.88. The van der Waals surface area contributed by atoms with Gasteiger partial charge in [-0.25, -0.2) is 4.98 Å². The number of para-hydroxylation sites is 1. The van der Waals surface area contributed by atoms with Crippen LogP contribution in [-0.2, 0) is 6.42 Å². The number of benzene rings is 1. The van der Waals surface area contributed by atoms with Gasteiger partial charge in [0.15, 0.2) is 5.96 Å². The Bertz CT molecular complexity index is 642. The van der Waals surface area contributed by atoms with Crippen LogP contribution in [0.25, 0.3) is 0 Å². The molecule has 0 unspecified atom stereocenters. The minimum atomic E-state index is 0.630. The van der Waals surface area contributed by atoms with Gasteiger partial charge >= 0.3 is 0 Å². The van der Waals surface area contributed by atoms with E-state index in [1.807, 2.05) is 51.4 Å². The number of hydrogen-bond donors (Lipinski definition) is 1. The third kappa shape index (κ3) is 7.13. The Balaban J connectivity index is 1.60. The zero-order valence-corrected chi connectivity index (χ0v) is 16.2. The molecule has 6 heteroatoms. The molecule has 0 bridgehead atoms. The van der Waals surface area contributed by atoms with Gasteiger partial charge in [0.05, 0.1) is 11.6 Å². The molecule has 1 heterocycles. The normalized spacial score (nSPS) is 11.4. The maximum atomic E-state index is 5.74. The predicted octanol–water partition coefficient (Wildman–Crippen LogP) is 3.36. The van der Waals surface area contributed by atoms with Gasteiger partial charge in [-0.05, 0) is 38.3 Å². The molecule has 1 N–H and O–H groups in total. The molecule has 0 atom stereocenters. The number of rotatable bonds is 9. The molecule has 25 heavy (non-hydrogen) atoms. The number of ether oxygens (including phenoxy) is 1. The zero-order chi connectivity index (χ0) is 17.9. The Morgan fingerprint density at radius 1 is 1.28 bits per heavy atom. The Kier molecular flexibility index (Phi) is 8.25. The van der Waals surface area contributed by atoms with Crippen molar-refractivity contribution in [1.82, 2.24) is 15.2 Å². The first-order chi connectivity index (χ1) is 12.2. The molecule has 0 radical (unpaired) electrons. The number of likely N-dealkylation sites (N-methyl/N-ethyl adjacent to an activating group) is 1. The molecule has 0 aliphatic carbocycles. The van der Waals surface area contributed by atoms with E-state index in [0.717, 1.165) is 49.8 Å². The minimum Gasteiger partial charge on any atom is -0.492 e. The lowest BCUT2D eigenvalue weighted by Crippen LogP contribution is -2.41.